The molecule has 0 saturated carbocycles. The second-order valence-electron chi connectivity index (χ2n) is 2.33. The summed E-state index contributed by atoms with van der Waals surface area (Å²) in [5.41, 5.74) is 0. The number of hydrogen-bond donors (Lipinski definition) is 3. The van der Waals surface area contributed by atoms with Crippen LogP contribution in [0.4, 0.5) is 13.2 Å². The average Bonchev–Trinajstić information content (AvgIpc) is 1.56. The van der Waals surface area contributed by atoms with E-state index in [-0.39, 0.29) is 0 Å². The van der Waals surface area contributed by atoms with Gasteiger partial charge in [0.15, 0.2) is 6.17 Å². The molecule has 11 heavy (non-hydrogen) atoms. The van der Waals surface area contributed by atoms with Crippen molar-refractivity contribution in [2.24, 2.45) is 0 Å². The van der Waals surface area contributed by atoms with Crippen LogP contribution < -0.4 is 0 Å². The van der Waals surface area contributed by atoms with Crippen LogP contribution in [0.3, 0.4) is 0 Å². The molecule has 0 aliphatic carbocycles. The molecule has 0 bridgehead atoms. The number of rotatable bonds is 3. The van der Waals surface area contributed by atoms with E-state index < -0.39 is 26.9 Å². The fourth-order valence-corrected chi connectivity index (χ4v) is 1.37. The molecule has 0 aliphatic rings. The maximum Gasteiger partial charge on any atom is 0.499 e. The van der Waals surface area contributed by atoms with Crippen molar-refractivity contribution in [2.75, 3.05) is 0 Å². The third-order valence-electron chi connectivity index (χ3n) is 1.05. The summed E-state index contributed by atoms with van der Waals surface area (Å²) in [6, 6.07) is -1.60. The van der Waals surface area contributed by atoms with Crippen molar-refractivity contribution >= 4 is 8.80 Å². The number of halogens is 3. The molecule has 1 unspecified atom stereocenters. The highest BCUT2D eigenvalue weighted by Gasteiger charge is 2.47. The fraction of sp³-hybridized carbons (Fsp3) is 1.00. The molecule has 68 valence electrons. The Kier molecular flexibility index (Phi) is 3.06. The van der Waals surface area contributed by atoms with Crippen LogP contribution in [-0.4, -0.2) is 35.3 Å². The molecule has 0 aromatic carbocycles. The predicted molar refractivity (Wildman–Crippen MR) is 32.7 cm³/mol. The Bertz CT molecular complexity index is 133. The molecular formula is C4H9F3O3Si. The van der Waals surface area contributed by atoms with E-state index in [0.717, 1.165) is 0 Å². The van der Waals surface area contributed by atoms with E-state index in [2.05, 4.69) is 0 Å². The SMILES string of the molecule is CC(F)C(F)(F)C[Si](O)(O)O. The molecule has 0 aliphatic heterocycles. The van der Waals surface area contributed by atoms with Crippen molar-refractivity contribution in [1.29, 1.82) is 0 Å². The van der Waals surface area contributed by atoms with E-state index in [1.807, 2.05) is 0 Å². The van der Waals surface area contributed by atoms with Crippen molar-refractivity contribution in [3.8, 4) is 0 Å². The monoisotopic (exact) mass is 190 g/mol. The summed E-state index contributed by atoms with van der Waals surface area (Å²) in [6.07, 6.45) is -2.50. The van der Waals surface area contributed by atoms with Crippen LogP contribution in [0.1, 0.15) is 6.92 Å². The van der Waals surface area contributed by atoms with Crippen LogP contribution in [0.25, 0.3) is 0 Å². The summed E-state index contributed by atoms with van der Waals surface area (Å²) in [6.45, 7) is 0.583. The first-order chi connectivity index (χ1) is 4.65. The molecule has 0 rings (SSSR count). The Morgan fingerprint density at radius 2 is 1.73 bits per heavy atom. The van der Waals surface area contributed by atoms with Gasteiger partial charge in [0.05, 0.1) is 6.04 Å². The molecular weight excluding hydrogens is 181 g/mol. The number of hydrogen-bond acceptors (Lipinski definition) is 3. The Hall–Kier alpha value is -0.113. The van der Waals surface area contributed by atoms with Crippen LogP contribution in [0.15, 0.2) is 0 Å². The highest BCUT2D eigenvalue weighted by Crippen LogP contribution is 2.28. The van der Waals surface area contributed by atoms with Gasteiger partial charge in [-0.05, 0) is 6.92 Å². The maximum atomic E-state index is 12.2. The summed E-state index contributed by atoms with van der Waals surface area (Å²) in [4.78, 5) is 24.6. The highest BCUT2D eigenvalue weighted by atomic mass is 28.4. The number of alkyl halides is 3. The standard InChI is InChI=1S/C4H9F3O3Si/c1-3(5)4(6,7)2-11(8,9)10/h3,8-10H,2H2,1H3. The molecule has 0 fully saturated rings. The molecule has 3 nitrogen and oxygen atoms in total. The van der Waals surface area contributed by atoms with Gasteiger partial charge in [-0.15, -0.1) is 0 Å². The van der Waals surface area contributed by atoms with Gasteiger partial charge in [-0.2, -0.15) is 0 Å². The van der Waals surface area contributed by atoms with E-state index in [4.69, 9.17) is 14.4 Å². The molecule has 0 radical (unpaired) electrons. The first kappa shape index (κ1) is 10.9. The van der Waals surface area contributed by atoms with Crippen LogP contribution in [0, 0.1) is 0 Å². The van der Waals surface area contributed by atoms with Crippen molar-refractivity contribution in [3.05, 3.63) is 0 Å². The minimum absolute atomic E-state index is 0.583. The molecule has 7 heteroatoms. The van der Waals surface area contributed by atoms with Crippen LogP contribution in [0.2, 0.25) is 6.04 Å². The minimum Gasteiger partial charge on any atom is -0.390 e. The second-order valence-corrected chi connectivity index (χ2v) is 4.23. The summed E-state index contributed by atoms with van der Waals surface area (Å²) < 4.78 is 36.4. The molecule has 0 spiro atoms. The van der Waals surface area contributed by atoms with Gasteiger partial charge in [-0.1, -0.05) is 0 Å². The summed E-state index contributed by atoms with van der Waals surface area (Å²) in [5.74, 6) is -3.87. The van der Waals surface area contributed by atoms with E-state index in [0.29, 0.717) is 6.92 Å². The lowest BCUT2D eigenvalue weighted by molar-refractivity contribution is -0.0574. The quantitative estimate of drug-likeness (QED) is 0.544. The Balaban J connectivity index is 4.13. The van der Waals surface area contributed by atoms with Crippen molar-refractivity contribution in [3.63, 3.8) is 0 Å². The summed E-state index contributed by atoms with van der Waals surface area (Å²) in [7, 11) is -4.85. The first-order valence-electron chi connectivity index (χ1n) is 2.84. The molecule has 0 amide bonds. The lowest BCUT2D eigenvalue weighted by atomic mass is 10.3. The normalized spacial score (nSPS) is 16.6. The third-order valence-corrected chi connectivity index (χ3v) is 2.00. The molecule has 3 N–H and O–H groups in total. The summed E-state index contributed by atoms with van der Waals surface area (Å²) in [5, 5.41) is 0. The second kappa shape index (κ2) is 3.09. The molecule has 0 aromatic rings. The largest absolute Gasteiger partial charge is 0.499 e. The average molecular weight is 190 g/mol. The van der Waals surface area contributed by atoms with E-state index in [1.54, 1.807) is 0 Å². The zero-order valence-electron chi connectivity index (χ0n) is 5.76. The Morgan fingerprint density at radius 3 is 1.82 bits per heavy atom. The molecule has 1 atom stereocenters. The van der Waals surface area contributed by atoms with Gasteiger partial charge in [0, 0.05) is 0 Å². The van der Waals surface area contributed by atoms with Crippen LogP contribution >= 0.6 is 0 Å². The van der Waals surface area contributed by atoms with E-state index >= 15 is 0 Å². The van der Waals surface area contributed by atoms with E-state index in [9.17, 15) is 13.2 Å². The minimum atomic E-state index is -4.85. The Morgan fingerprint density at radius 1 is 1.36 bits per heavy atom. The molecule has 0 aromatic heterocycles. The van der Waals surface area contributed by atoms with Crippen LogP contribution in [-0.2, 0) is 0 Å². The van der Waals surface area contributed by atoms with Gasteiger partial charge in [-0.25, -0.2) is 13.2 Å². The van der Waals surface area contributed by atoms with E-state index in [1.165, 1.54) is 0 Å². The zero-order chi connectivity index (χ0) is 9.28. The topological polar surface area (TPSA) is 60.7 Å². The van der Waals surface area contributed by atoms with Gasteiger partial charge in [0.25, 0.3) is 5.92 Å². The molecule has 0 saturated heterocycles. The lowest BCUT2D eigenvalue weighted by Gasteiger charge is -2.20. The fourth-order valence-electron chi connectivity index (χ4n) is 0.457. The molecule has 0 heterocycles. The van der Waals surface area contributed by atoms with Crippen molar-refractivity contribution in [2.45, 2.75) is 25.1 Å². The summed E-state index contributed by atoms with van der Waals surface area (Å²) >= 11 is 0. The lowest BCUT2D eigenvalue weighted by Crippen LogP contribution is -2.44. The van der Waals surface area contributed by atoms with Gasteiger partial charge in [0.2, 0.25) is 0 Å². The highest BCUT2D eigenvalue weighted by molar-refractivity contribution is 6.56. The van der Waals surface area contributed by atoms with Crippen molar-refractivity contribution < 1.29 is 27.6 Å². The third kappa shape index (κ3) is 4.35. The van der Waals surface area contributed by atoms with Gasteiger partial charge < -0.3 is 14.4 Å². The van der Waals surface area contributed by atoms with Gasteiger partial charge in [-0.3, -0.25) is 0 Å². The van der Waals surface area contributed by atoms with Crippen LogP contribution in [0.5, 0.6) is 0 Å². The smallest absolute Gasteiger partial charge is 0.390 e. The van der Waals surface area contributed by atoms with Gasteiger partial charge >= 0.3 is 8.80 Å². The van der Waals surface area contributed by atoms with Gasteiger partial charge in [0.1, 0.15) is 0 Å². The van der Waals surface area contributed by atoms with Crippen molar-refractivity contribution in [1.82, 2.24) is 0 Å². The zero-order valence-corrected chi connectivity index (χ0v) is 6.76. The maximum absolute atomic E-state index is 12.2. The Labute approximate surface area is 62.5 Å². The first-order valence-corrected chi connectivity index (χ1v) is 4.89. The predicted octanol–water partition coefficient (Wildman–Crippen LogP) is -0.104.